The van der Waals surface area contributed by atoms with Gasteiger partial charge < -0.3 is 9.15 Å². The third kappa shape index (κ3) is 4.49. The predicted octanol–water partition coefficient (Wildman–Crippen LogP) is 4.78. The zero-order valence-corrected chi connectivity index (χ0v) is 15.8. The molecule has 0 spiro atoms. The van der Waals surface area contributed by atoms with Gasteiger partial charge in [-0.3, -0.25) is 4.79 Å². The first-order chi connectivity index (χ1) is 12.5. The SMILES string of the molecule is COc1ccc(/C=C\C(=O)CCc2cc3cc(Br)ccc3oc2=O)cc1. The average molecular weight is 413 g/mol. The maximum absolute atomic E-state index is 12.1. The van der Waals surface area contributed by atoms with Crippen LogP contribution in [0.1, 0.15) is 17.5 Å². The molecule has 26 heavy (non-hydrogen) atoms. The van der Waals surface area contributed by atoms with E-state index in [4.69, 9.17) is 9.15 Å². The highest BCUT2D eigenvalue weighted by Gasteiger charge is 2.07. The van der Waals surface area contributed by atoms with Crippen molar-refractivity contribution < 1.29 is 13.9 Å². The van der Waals surface area contributed by atoms with Gasteiger partial charge in [0, 0.05) is 21.8 Å². The first-order valence-electron chi connectivity index (χ1n) is 8.12. The molecule has 0 saturated carbocycles. The smallest absolute Gasteiger partial charge is 0.339 e. The summed E-state index contributed by atoms with van der Waals surface area (Å²) in [5.41, 5.74) is 1.55. The number of benzene rings is 2. The summed E-state index contributed by atoms with van der Waals surface area (Å²) in [6.07, 6.45) is 3.87. The van der Waals surface area contributed by atoms with E-state index in [1.165, 1.54) is 6.08 Å². The number of rotatable bonds is 6. The third-order valence-corrected chi connectivity index (χ3v) is 4.48. The fourth-order valence-electron chi connectivity index (χ4n) is 2.56. The van der Waals surface area contributed by atoms with Crippen LogP contribution in [0.4, 0.5) is 0 Å². The van der Waals surface area contributed by atoms with Crippen molar-refractivity contribution in [1.29, 1.82) is 0 Å². The minimum atomic E-state index is -0.397. The molecule has 0 N–H and O–H groups in total. The molecule has 3 rings (SSSR count). The average Bonchev–Trinajstić information content (AvgIpc) is 2.65. The Morgan fingerprint density at radius 2 is 1.92 bits per heavy atom. The summed E-state index contributed by atoms with van der Waals surface area (Å²) in [4.78, 5) is 24.1. The summed E-state index contributed by atoms with van der Waals surface area (Å²) in [5, 5.41) is 0.829. The number of ketones is 1. The Labute approximate surface area is 159 Å². The highest BCUT2D eigenvalue weighted by atomic mass is 79.9. The minimum absolute atomic E-state index is 0.0467. The summed E-state index contributed by atoms with van der Waals surface area (Å²) >= 11 is 3.40. The van der Waals surface area contributed by atoms with E-state index in [0.717, 1.165) is 21.2 Å². The quantitative estimate of drug-likeness (QED) is 0.431. The van der Waals surface area contributed by atoms with Gasteiger partial charge in [0.1, 0.15) is 11.3 Å². The second-order valence-electron chi connectivity index (χ2n) is 5.81. The summed E-state index contributed by atoms with van der Waals surface area (Å²) in [5.74, 6) is 0.720. The molecular formula is C21H17BrO4. The molecule has 0 unspecified atom stereocenters. The Bertz CT molecular complexity index is 1020. The van der Waals surface area contributed by atoms with Crippen LogP contribution in [0.25, 0.3) is 17.0 Å². The number of methoxy groups -OCH3 is 1. The zero-order valence-electron chi connectivity index (χ0n) is 14.2. The number of carbonyl (C=O) groups is 1. The van der Waals surface area contributed by atoms with Crippen LogP contribution in [0, 0.1) is 0 Å². The van der Waals surface area contributed by atoms with Gasteiger partial charge in [-0.1, -0.05) is 34.1 Å². The lowest BCUT2D eigenvalue weighted by molar-refractivity contribution is -0.114. The topological polar surface area (TPSA) is 56.5 Å². The molecule has 5 heteroatoms. The van der Waals surface area contributed by atoms with E-state index in [2.05, 4.69) is 15.9 Å². The van der Waals surface area contributed by atoms with Crippen LogP contribution in [0.15, 0.2) is 68.3 Å². The highest BCUT2D eigenvalue weighted by Crippen LogP contribution is 2.20. The molecule has 0 radical (unpaired) electrons. The van der Waals surface area contributed by atoms with Crippen LogP contribution in [0.2, 0.25) is 0 Å². The molecular weight excluding hydrogens is 396 g/mol. The van der Waals surface area contributed by atoms with Crippen molar-refractivity contribution in [3.8, 4) is 5.75 Å². The minimum Gasteiger partial charge on any atom is -0.497 e. The molecule has 4 nitrogen and oxygen atoms in total. The Hall–Kier alpha value is -2.66. The molecule has 1 aromatic heterocycles. The van der Waals surface area contributed by atoms with Crippen LogP contribution in [-0.2, 0) is 11.2 Å². The molecule has 0 aliphatic carbocycles. The van der Waals surface area contributed by atoms with Crippen molar-refractivity contribution >= 4 is 38.8 Å². The molecule has 0 saturated heterocycles. The van der Waals surface area contributed by atoms with Crippen LogP contribution < -0.4 is 10.4 Å². The first-order valence-corrected chi connectivity index (χ1v) is 8.92. The molecule has 0 fully saturated rings. The van der Waals surface area contributed by atoms with Crippen molar-refractivity contribution in [2.45, 2.75) is 12.8 Å². The number of hydrogen-bond donors (Lipinski definition) is 0. The lowest BCUT2D eigenvalue weighted by Crippen LogP contribution is -2.09. The Kier molecular flexibility index (Phi) is 5.68. The van der Waals surface area contributed by atoms with E-state index in [1.807, 2.05) is 36.4 Å². The fraction of sp³-hybridized carbons (Fsp3) is 0.143. The molecule has 0 atom stereocenters. The number of fused-ring (bicyclic) bond motifs is 1. The van der Waals surface area contributed by atoms with Crippen molar-refractivity contribution in [3.63, 3.8) is 0 Å². The van der Waals surface area contributed by atoms with Crippen molar-refractivity contribution in [2.75, 3.05) is 7.11 Å². The number of hydrogen-bond acceptors (Lipinski definition) is 4. The van der Waals surface area contributed by atoms with E-state index in [1.54, 1.807) is 25.3 Å². The molecule has 2 aromatic carbocycles. The molecule has 1 heterocycles. The molecule has 0 amide bonds. The molecule has 3 aromatic rings. The summed E-state index contributed by atoms with van der Waals surface area (Å²) in [7, 11) is 1.61. The molecule has 0 aliphatic heterocycles. The maximum atomic E-state index is 12.1. The largest absolute Gasteiger partial charge is 0.497 e. The highest BCUT2D eigenvalue weighted by molar-refractivity contribution is 9.10. The normalized spacial score (nSPS) is 11.2. The number of ether oxygens (including phenoxy) is 1. The van der Waals surface area contributed by atoms with Gasteiger partial charge in [0.2, 0.25) is 0 Å². The van der Waals surface area contributed by atoms with Gasteiger partial charge in [-0.25, -0.2) is 4.79 Å². The van der Waals surface area contributed by atoms with Gasteiger partial charge in [-0.15, -0.1) is 0 Å². The zero-order chi connectivity index (χ0) is 18.5. The summed E-state index contributed by atoms with van der Waals surface area (Å²) in [6, 6.07) is 14.6. The van der Waals surface area contributed by atoms with Gasteiger partial charge in [-0.05, 0) is 54.5 Å². The number of allylic oxidation sites excluding steroid dienone is 1. The van der Waals surface area contributed by atoms with Gasteiger partial charge in [0.25, 0.3) is 0 Å². The first kappa shape index (κ1) is 18.1. The van der Waals surface area contributed by atoms with E-state index in [0.29, 0.717) is 17.6 Å². The van der Waals surface area contributed by atoms with Crippen molar-refractivity contribution in [1.82, 2.24) is 0 Å². The van der Waals surface area contributed by atoms with Crippen molar-refractivity contribution in [3.05, 3.63) is 80.6 Å². The standard InChI is InChI=1S/C21H17BrO4/c1-25-19-9-3-14(4-10-19)2-7-18(23)8-5-15-12-16-13-17(22)6-11-20(16)26-21(15)24/h2-4,6-7,9-13H,5,8H2,1H3/b7-2-. The van der Waals surface area contributed by atoms with Gasteiger partial charge >= 0.3 is 5.63 Å². The second kappa shape index (κ2) is 8.15. The Balaban J connectivity index is 1.67. The number of halogens is 1. The van der Waals surface area contributed by atoms with E-state index < -0.39 is 5.63 Å². The summed E-state index contributed by atoms with van der Waals surface area (Å²) < 4.78 is 11.3. The van der Waals surface area contributed by atoms with Gasteiger partial charge in [-0.2, -0.15) is 0 Å². The van der Waals surface area contributed by atoms with Crippen LogP contribution >= 0.6 is 15.9 Å². The number of aryl methyl sites for hydroxylation is 1. The predicted molar refractivity (Wildman–Crippen MR) is 106 cm³/mol. The lowest BCUT2D eigenvalue weighted by atomic mass is 10.1. The van der Waals surface area contributed by atoms with Crippen LogP contribution in [0.3, 0.4) is 0 Å². The monoisotopic (exact) mass is 412 g/mol. The molecule has 0 bridgehead atoms. The van der Waals surface area contributed by atoms with E-state index >= 15 is 0 Å². The fourth-order valence-corrected chi connectivity index (χ4v) is 2.94. The van der Waals surface area contributed by atoms with Gasteiger partial charge in [0.15, 0.2) is 5.78 Å². The second-order valence-corrected chi connectivity index (χ2v) is 6.73. The Morgan fingerprint density at radius 3 is 2.65 bits per heavy atom. The summed E-state index contributed by atoms with van der Waals surface area (Å²) in [6.45, 7) is 0. The lowest BCUT2D eigenvalue weighted by Gasteiger charge is -2.02. The molecule has 132 valence electrons. The molecule has 0 aliphatic rings. The van der Waals surface area contributed by atoms with Crippen LogP contribution in [0.5, 0.6) is 5.75 Å². The van der Waals surface area contributed by atoms with E-state index in [9.17, 15) is 9.59 Å². The van der Waals surface area contributed by atoms with Crippen LogP contribution in [-0.4, -0.2) is 12.9 Å². The maximum Gasteiger partial charge on any atom is 0.339 e. The van der Waals surface area contributed by atoms with E-state index in [-0.39, 0.29) is 12.2 Å². The van der Waals surface area contributed by atoms with Gasteiger partial charge in [0.05, 0.1) is 7.11 Å². The Morgan fingerprint density at radius 1 is 1.15 bits per heavy atom. The number of carbonyl (C=O) groups excluding carboxylic acids is 1. The third-order valence-electron chi connectivity index (χ3n) is 3.98. The van der Waals surface area contributed by atoms with Crippen molar-refractivity contribution in [2.24, 2.45) is 0 Å².